The Morgan fingerprint density at radius 1 is 1.72 bits per heavy atom. The topological polar surface area (TPSA) is 50.4 Å². The van der Waals surface area contributed by atoms with Crippen molar-refractivity contribution in [1.82, 2.24) is 10.6 Å². The molecule has 1 fully saturated rings. The van der Waals surface area contributed by atoms with Crippen LogP contribution in [0.2, 0.25) is 0 Å². The van der Waals surface area contributed by atoms with Gasteiger partial charge in [-0.2, -0.15) is 0 Å². The van der Waals surface area contributed by atoms with Crippen LogP contribution in [-0.4, -0.2) is 37.2 Å². The van der Waals surface area contributed by atoms with Crippen molar-refractivity contribution in [1.29, 1.82) is 0 Å². The molecule has 2 heterocycles. The molecule has 2 N–H and O–H groups in total. The molecule has 0 aliphatic carbocycles. The van der Waals surface area contributed by atoms with E-state index in [1.165, 1.54) is 4.88 Å². The smallest absolute Gasteiger partial charge is 0.240 e. The predicted molar refractivity (Wildman–Crippen MR) is 72.8 cm³/mol. The third kappa shape index (κ3) is 3.54. The molecule has 1 aromatic heterocycles. The number of rotatable bonds is 4. The van der Waals surface area contributed by atoms with E-state index in [0.717, 1.165) is 13.0 Å². The van der Waals surface area contributed by atoms with Crippen LogP contribution >= 0.6 is 11.3 Å². The van der Waals surface area contributed by atoms with Gasteiger partial charge in [0.05, 0.1) is 12.7 Å². The second-order valence-corrected chi connectivity index (χ2v) is 5.73. The lowest BCUT2D eigenvalue weighted by Crippen LogP contribution is -2.56. The number of hydrogen-bond acceptors (Lipinski definition) is 4. The summed E-state index contributed by atoms with van der Waals surface area (Å²) in [6, 6.07) is 4.04. The molecule has 4 nitrogen and oxygen atoms in total. The Hall–Kier alpha value is -0.910. The fourth-order valence-electron chi connectivity index (χ4n) is 2.14. The second kappa shape index (κ2) is 6.31. The van der Waals surface area contributed by atoms with Crippen LogP contribution in [-0.2, 0) is 16.0 Å². The zero-order valence-electron chi connectivity index (χ0n) is 10.8. The van der Waals surface area contributed by atoms with Gasteiger partial charge in [-0.15, -0.1) is 11.3 Å². The van der Waals surface area contributed by atoms with E-state index in [9.17, 15) is 4.79 Å². The van der Waals surface area contributed by atoms with Crippen molar-refractivity contribution < 1.29 is 9.53 Å². The van der Waals surface area contributed by atoms with Crippen molar-refractivity contribution in [3.8, 4) is 0 Å². The lowest BCUT2D eigenvalue weighted by Gasteiger charge is -2.30. The molecule has 0 bridgehead atoms. The summed E-state index contributed by atoms with van der Waals surface area (Å²) in [5, 5.41) is 8.30. The molecule has 5 heteroatoms. The van der Waals surface area contributed by atoms with E-state index in [0.29, 0.717) is 6.61 Å². The molecule has 0 radical (unpaired) electrons. The summed E-state index contributed by atoms with van der Waals surface area (Å²) in [5.41, 5.74) is 0. The first-order valence-electron chi connectivity index (χ1n) is 6.34. The average molecular weight is 268 g/mol. The monoisotopic (exact) mass is 268 g/mol. The summed E-state index contributed by atoms with van der Waals surface area (Å²) < 4.78 is 5.48. The summed E-state index contributed by atoms with van der Waals surface area (Å²) in [6.45, 7) is 5.38. The Morgan fingerprint density at radius 2 is 2.56 bits per heavy atom. The quantitative estimate of drug-likeness (QED) is 0.862. The van der Waals surface area contributed by atoms with Gasteiger partial charge in [-0.3, -0.25) is 4.79 Å². The van der Waals surface area contributed by atoms with Crippen LogP contribution in [0, 0.1) is 0 Å². The first-order chi connectivity index (χ1) is 8.66. The van der Waals surface area contributed by atoms with Crippen LogP contribution in [0.5, 0.6) is 0 Å². The Labute approximate surface area is 112 Å². The second-order valence-electron chi connectivity index (χ2n) is 4.70. The van der Waals surface area contributed by atoms with Gasteiger partial charge in [0.15, 0.2) is 0 Å². The number of nitrogens with one attached hydrogen (secondary N) is 2. The van der Waals surface area contributed by atoms with Gasteiger partial charge in [-0.25, -0.2) is 0 Å². The van der Waals surface area contributed by atoms with E-state index < -0.39 is 0 Å². The van der Waals surface area contributed by atoms with Gasteiger partial charge in [0.1, 0.15) is 6.04 Å². The van der Waals surface area contributed by atoms with Crippen LogP contribution in [0.25, 0.3) is 0 Å². The summed E-state index contributed by atoms with van der Waals surface area (Å²) in [6.07, 6.45) is 0.818. The predicted octanol–water partition coefficient (Wildman–Crippen LogP) is 1.17. The maximum absolute atomic E-state index is 12.1. The molecular weight excluding hydrogens is 248 g/mol. The Kier molecular flexibility index (Phi) is 4.74. The van der Waals surface area contributed by atoms with Gasteiger partial charge >= 0.3 is 0 Å². The molecule has 3 atom stereocenters. The summed E-state index contributed by atoms with van der Waals surface area (Å²) in [5.74, 6) is 0.0336. The highest BCUT2D eigenvalue weighted by atomic mass is 32.1. The minimum absolute atomic E-state index is 0.0336. The molecule has 1 aliphatic heterocycles. The van der Waals surface area contributed by atoms with Gasteiger partial charge in [-0.1, -0.05) is 6.07 Å². The maximum atomic E-state index is 12.1. The number of hydrogen-bond donors (Lipinski definition) is 2. The normalized spacial score (nSPS) is 25.7. The van der Waals surface area contributed by atoms with Crippen LogP contribution < -0.4 is 10.6 Å². The highest BCUT2D eigenvalue weighted by Crippen LogP contribution is 2.11. The van der Waals surface area contributed by atoms with E-state index in [4.69, 9.17) is 4.74 Å². The van der Waals surface area contributed by atoms with E-state index in [1.807, 2.05) is 19.9 Å². The number of amides is 1. The molecule has 1 unspecified atom stereocenters. The number of carbonyl (C=O) groups is 1. The lowest BCUT2D eigenvalue weighted by molar-refractivity contribution is -0.129. The van der Waals surface area contributed by atoms with Gasteiger partial charge in [0.2, 0.25) is 5.91 Å². The molecule has 1 aromatic rings. The molecule has 1 amide bonds. The highest BCUT2D eigenvalue weighted by Gasteiger charge is 2.28. The van der Waals surface area contributed by atoms with Gasteiger partial charge in [-0.05, 0) is 25.3 Å². The minimum Gasteiger partial charge on any atom is -0.375 e. The van der Waals surface area contributed by atoms with Crippen molar-refractivity contribution in [2.24, 2.45) is 0 Å². The summed E-state index contributed by atoms with van der Waals surface area (Å²) >= 11 is 1.72. The largest absolute Gasteiger partial charge is 0.375 e. The van der Waals surface area contributed by atoms with E-state index in [1.54, 1.807) is 11.3 Å². The first-order valence-corrected chi connectivity index (χ1v) is 7.22. The average Bonchev–Trinajstić information content (AvgIpc) is 2.82. The zero-order chi connectivity index (χ0) is 13.0. The van der Waals surface area contributed by atoms with Crippen molar-refractivity contribution in [3.63, 3.8) is 0 Å². The van der Waals surface area contributed by atoms with Gasteiger partial charge < -0.3 is 15.4 Å². The maximum Gasteiger partial charge on any atom is 0.240 e. The van der Waals surface area contributed by atoms with Crippen LogP contribution in [0.15, 0.2) is 17.5 Å². The van der Waals surface area contributed by atoms with E-state index >= 15 is 0 Å². The van der Waals surface area contributed by atoms with Crippen LogP contribution in [0.3, 0.4) is 0 Å². The Bertz CT molecular complexity index is 380. The molecule has 1 saturated heterocycles. The molecular formula is C13H20N2O2S. The van der Waals surface area contributed by atoms with Crippen molar-refractivity contribution in [2.45, 2.75) is 38.5 Å². The zero-order valence-corrected chi connectivity index (χ0v) is 11.6. The highest BCUT2D eigenvalue weighted by molar-refractivity contribution is 7.09. The Morgan fingerprint density at radius 3 is 3.22 bits per heavy atom. The molecule has 0 saturated carbocycles. The SMILES string of the molecule is CC(Cc1cccs1)NC(=O)[C@H]1NCCO[C@@H]1C. The first kappa shape index (κ1) is 13.5. The van der Waals surface area contributed by atoms with Crippen LogP contribution in [0.1, 0.15) is 18.7 Å². The minimum atomic E-state index is -0.232. The van der Waals surface area contributed by atoms with Crippen LogP contribution in [0.4, 0.5) is 0 Å². The molecule has 0 spiro atoms. The van der Waals surface area contributed by atoms with Crippen molar-refractivity contribution in [3.05, 3.63) is 22.4 Å². The molecule has 1 aliphatic rings. The molecule has 100 valence electrons. The van der Waals surface area contributed by atoms with E-state index in [2.05, 4.69) is 22.1 Å². The van der Waals surface area contributed by atoms with Gasteiger partial charge in [0, 0.05) is 23.9 Å². The number of morpholine rings is 1. The Balaban J connectivity index is 1.82. The number of ether oxygens (including phenoxy) is 1. The van der Waals surface area contributed by atoms with Crippen molar-refractivity contribution >= 4 is 17.2 Å². The standard InChI is InChI=1S/C13H20N2O2S/c1-9(8-11-4-3-7-18-11)15-13(16)12-10(2)17-6-5-14-12/h3-4,7,9-10,12,14H,5-6,8H2,1-2H3,(H,15,16)/t9?,10-,12+/m1/s1. The summed E-state index contributed by atoms with van der Waals surface area (Å²) in [7, 11) is 0. The lowest BCUT2D eigenvalue weighted by atomic mass is 10.1. The molecule has 18 heavy (non-hydrogen) atoms. The van der Waals surface area contributed by atoms with Crippen molar-refractivity contribution in [2.75, 3.05) is 13.2 Å². The summed E-state index contributed by atoms with van der Waals surface area (Å²) in [4.78, 5) is 13.4. The van der Waals surface area contributed by atoms with Gasteiger partial charge in [0.25, 0.3) is 0 Å². The van der Waals surface area contributed by atoms with E-state index in [-0.39, 0.29) is 24.1 Å². The number of carbonyl (C=O) groups excluding carboxylic acids is 1. The number of thiophene rings is 1. The molecule has 0 aromatic carbocycles. The third-order valence-corrected chi connectivity index (χ3v) is 3.97. The fraction of sp³-hybridized carbons (Fsp3) is 0.615. The fourth-order valence-corrected chi connectivity index (χ4v) is 2.98. The third-order valence-electron chi connectivity index (χ3n) is 3.08. The molecule has 2 rings (SSSR count).